The van der Waals surface area contributed by atoms with Crippen LogP contribution in [0.5, 0.6) is 0 Å². The minimum absolute atomic E-state index is 0.0289. The second kappa shape index (κ2) is 8.74. The third-order valence-corrected chi connectivity index (χ3v) is 5.86. The number of carbonyl (C=O) groups excluding carboxylic acids is 1. The lowest BCUT2D eigenvalue weighted by molar-refractivity contribution is -0.142. The van der Waals surface area contributed by atoms with Crippen molar-refractivity contribution in [2.24, 2.45) is 5.92 Å². The van der Waals surface area contributed by atoms with Gasteiger partial charge in [-0.15, -0.1) is 0 Å². The predicted molar refractivity (Wildman–Crippen MR) is 98.2 cm³/mol. The first-order valence-corrected chi connectivity index (χ1v) is 9.61. The summed E-state index contributed by atoms with van der Waals surface area (Å²) in [6.07, 6.45) is 2.65. The average Bonchev–Trinajstić information content (AvgIpc) is 2.66. The van der Waals surface area contributed by atoms with E-state index in [0.717, 1.165) is 4.31 Å². The Hall–Kier alpha value is -2.78. The highest BCUT2D eigenvalue weighted by Gasteiger charge is 2.29. The van der Waals surface area contributed by atoms with Gasteiger partial charge in [-0.25, -0.2) is 8.42 Å². The number of carboxylic acids is 1. The van der Waals surface area contributed by atoms with Gasteiger partial charge < -0.3 is 10.4 Å². The Morgan fingerprint density at radius 2 is 1.85 bits per heavy atom. The molecule has 1 heterocycles. The molecule has 1 aromatic heterocycles. The molecule has 2 rings (SSSR count). The molecule has 1 aromatic carbocycles. The van der Waals surface area contributed by atoms with Crippen molar-refractivity contribution in [3.05, 3.63) is 60.4 Å². The van der Waals surface area contributed by atoms with Crippen molar-refractivity contribution < 1.29 is 23.1 Å². The molecule has 2 unspecified atom stereocenters. The van der Waals surface area contributed by atoms with Gasteiger partial charge >= 0.3 is 5.97 Å². The zero-order valence-corrected chi connectivity index (χ0v) is 15.8. The summed E-state index contributed by atoms with van der Waals surface area (Å²) in [6, 6.07) is 10.8. The van der Waals surface area contributed by atoms with Crippen LogP contribution in [0.25, 0.3) is 0 Å². The van der Waals surface area contributed by atoms with Gasteiger partial charge in [0.15, 0.2) is 0 Å². The topological polar surface area (TPSA) is 117 Å². The van der Waals surface area contributed by atoms with Crippen LogP contribution in [-0.4, -0.2) is 48.3 Å². The summed E-state index contributed by atoms with van der Waals surface area (Å²) in [6.45, 7) is 1.03. The molecule has 9 heteroatoms. The van der Waals surface area contributed by atoms with Crippen molar-refractivity contribution in [3.63, 3.8) is 0 Å². The van der Waals surface area contributed by atoms with Gasteiger partial charge in [-0.2, -0.15) is 4.31 Å². The number of nitrogens with one attached hydrogen (secondary N) is 1. The van der Waals surface area contributed by atoms with Gasteiger partial charge in [0.2, 0.25) is 15.9 Å². The summed E-state index contributed by atoms with van der Waals surface area (Å²) < 4.78 is 25.9. The predicted octanol–water partition coefficient (Wildman–Crippen LogP) is 1.28. The van der Waals surface area contributed by atoms with Gasteiger partial charge in [0.1, 0.15) is 4.90 Å². The fourth-order valence-corrected chi connectivity index (χ4v) is 3.58. The standard InChI is InChI=1S/C18H21N3O5S/c1-13(18(23)24)17(14-7-4-3-5-8-14)20-16(22)12-21(2)27(25,26)15-9-6-10-19-11-15/h3-11,13,17H,12H2,1-2H3,(H,20,22)(H,23,24). The van der Waals surface area contributed by atoms with Crippen LogP contribution >= 0.6 is 0 Å². The molecule has 2 N–H and O–H groups in total. The van der Waals surface area contributed by atoms with Crippen LogP contribution in [0.1, 0.15) is 18.5 Å². The maximum atomic E-state index is 12.5. The van der Waals surface area contributed by atoms with Gasteiger partial charge in [0.05, 0.1) is 18.5 Å². The summed E-state index contributed by atoms with van der Waals surface area (Å²) >= 11 is 0. The van der Waals surface area contributed by atoms with E-state index in [1.807, 2.05) is 0 Å². The van der Waals surface area contributed by atoms with Crippen molar-refractivity contribution in [3.8, 4) is 0 Å². The number of pyridine rings is 1. The van der Waals surface area contributed by atoms with Crippen LogP contribution in [0.15, 0.2) is 59.8 Å². The number of hydrogen-bond acceptors (Lipinski definition) is 5. The number of nitrogens with zero attached hydrogens (tertiary/aromatic N) is 2. The maximum Gasteiger partial charge on any atom is 0.308 e. The highest BCUT2D eigenvalue weighted by atomic mass is 32.2. The average molecular weight is 391 g/mol. The van der Waals surface area contributed by atoms with E-state index in [4.69, 9.17) is 0 Å². The van der Waals surface area contributed by atoms with Crippen LogP contribution in [-0.2, 0) is 19.6 Å². The largest absolute Gasteiger partial charge is 0.481 e. The van der Waals surface area contributed by atoms with E-state index in [1.165, 1.54) is 38.5 Å². The van der Waals surface area contributed by atoms with Gasteiger partial charge in [-0.3, -0.25) is 14.6 Å². The first-order valence-electron chi connectivity index (χ1n) is 8.17. The molecule has 0 saturated carbocycles. The monoisotopic (exact) mass is 391 g/mol. The number of rotatable bonds is 8. The smallest absolute Gasteiger partial charge is 0.308 e. The summed E-state index contributed by atoms with van der Waals surface area (Å²) in [5, 5.41) is 11.9. The zero-order chi connectivity index (χ0) is 20.0. The molecule has 0 spiro atoms. The van der Waals surface area contributed by atoms with Crippen molar-refractivity contribution in [1.82, 2.24) is 14.6 Å². The number of carboxylic acid groups (broad SMARTS) is 1. The van der Waals surface area contributed by atoms with Crippen molar-refractivity contribution >= 4 is 21.9 Å². The maximum absolute atomic E-state index is 12.5. The van der Waals surface area contributed by atoms with E-state index in [2.05, 4.69) is 10.3 Å². The molecule has 0 saturated heterocycles. The van der Waals surface area contributed by atoms with Crippen LogP contribution < -0.4 is 5.32 Å². The van der Waals surface area contributed by atoms with E-state index in [1.54, 1.807) is 30.3 Å². The number of aliphatic carboxylic acids is 1. The van der Waals surface area contributed by atoms with E-state index in [-0.39, 0.29) is 4.90 Å². The minimum atomic E-state index is -3.88. The minimum Gasteiger partial charge on any atom is -0.481 e. The molecule has 27 heavy (non-hydrogen) atoms. The molecule has 0 aliphatic heterocycles. The zero-order valence-electron chi connectivity index (χ0n) is 14.9. The fraction of sp³-hybridized carbons (Fsp3) is 0.278. The van der Waals surface area contributed by atoms with E-state index in [0.29, 0.717) is 5.56 Å². The summed E-state index contributed by atoms with van der Waals surface area (Å²) in [4.78, 5) is 27.6. The van der Waals surface area contributed by atoms with Crippen molar-refractivity contribution in [2.75, 3.05) is 13.6 Å². The highest BCUT2D eigenvalue weighted by molar-refractivity contribution is 7.89. The Bertz CT molecular complexity index is 888. The first kappa shape index (κ1) is 20.5. The van der Waals surface area contributed by atoms with E-state index >= 15 is 0 Å². The first-order chi connectivity index (χ1) is 12.7. The summed E-state index contributed by atoms with van der Waals surface area (Å²) in [7, 11) is -2.60. The van der Waals surface area contributed by atoms with Gasteiger partial charge in [-0.05, 0) is 24.6 Å². The molecule has 2 aromatic rings. The number of carbonyl (C=O) groups is 2. The lowest BCUT2D eigenvalue weighted by atomic mass is 9.94. The van der Waals surface area contributed by atoms with Crippen LogP contribution in [0.4, 0.5) is 0 Å². The lowest BCUT2D eigenvalue weighted by Gasteiger charge is -2.24. The quantitative estimate of drug-likeness (QED) is 0.700. The van der Waals surface area contributed by atoms with E-state index < -0.39 is 40.4 Å². The SMILES string of the molecule is CC(C(=O)O)C(NC(=O)CN(C)S(=O)(=O)c1cccnc1)c1ccccc1. The van der Waals surface area contributed by atoms with Crippen LogP contribution in [0.2, 0.25) is 0 Å². The number of hydrogen-bond donors (Lipinski definition) is 2. The van der Waals surface area contributed by atoms with E-state index in [9.17, 15) is 23.1 Å². The molecule has 0 bridgehead atoms. The third kappa shape index (κ3) is 5.11. The second-order valence-electron chi connectivity index (χ2n) is 6.03. The summed E-state index contributed by atoms with van der Waals surface area (Å²) in [5.41, 5.74) is 0.624. The molecule has 144 valence electrons. The van der Waals surface area contributed by atoms with Crippen LogP contribution in [0, 0.1) is 5.92 Å². The number of sulfonamides is 1. The molecular formula is C18H21N3O5S. The fourth-order valence-electron chi connectivity index (χ4n) is 2.49. The third-order valence-electron chi connectivity index (χ3n) is 4.07. The number of likely N-dealkylation sites (N-methyl/N-ethyl adjacent to an activating group) is 1. The summed E-state index contributed by atoms with van der Waals surface area (Å²) in [5.74, 6) is -2.57. The Labute approximate surface area is 157 Å². The number of benzene rings is 1. The van der Waals surface area contributed by atoms with Crippen molar-refractivity contribution in [1.29, 1.82) is 0 Å². The van der Waals surface area contributed by atoms with Gasteiger partial charge in [0, 0.05) is 19.4 Å². The number of aromatic nitrogens is 1. The molecule has 8 nitrogen and oxygen atoms in total. The Balaban J connectivity index is 2.15. The molecule has 2 atom stereocenters. The molecule has 0 fully saturated rings. The Kier molecular flexibility index (Phi) is 6.65. The molecule has 0 radical (unpaired) electrons. The Morgan fingerprint density at radius 3 is 2.41 bits per heavy atom. The number of amides is 1. The van der Waals surface area contributed by atoms with Crippen LogP contribution in [0.3, 0.4) is 0 Å². The van der Waals surface area contributed by atoms with Gasteiger partial charge in [-0.1, -0.05) is 30.3 Å². The molecular weight excluding hydrogens is 370 g/mol. The second-order valence-corrected chi connectivity index (χ2v) is 8.08. The normalized spacial score (nSPS) is 13.7. The molecule has 0 aliphatic rings. The Morgan fingerprint density at radius 1 is 1.19 bits per heavy atom. The molecule has 1 amide bonds. The van der Waals surface area contributed by atoms with Gasteiger partial charge in [0.25, 0.3) is 0 Å². The highest BCUT2D eigenvalue weighted by Crippen LogP contribution is 2.22. The van der Waals surface area contributed by atoms with Crippen molar-refractivity contribution in [2.45, 2.75) is 17.9 Å². The molecule has 0 aliphatic carbocycles. The lowest BCUT2D eigenvalue weighted by Crippen LogP contribution is -2.42.